The van der Waals surface area contributed by atoms with E-state index in [4.69, 9.17) is 4.74 Å². The molecule has 1 aliphatic rings. The van der Waals surface area contributed by atoms with Crippen LogP contribution >= 0.6 is 0 Å². The zero-order valence-corrected chi connectivity index (χ0v) is 7.61. The lowest BCUT2D eigenvalue weighted by atomic mass is 10.0. The smallest absolute Gasteiger partial charge is 0.378 e. The second-order valence-corrected chi connectivity index (χ2v) is 2.98. The molecule has 5 heteroatoms. The lowest BCUT2D eigenvalue weighted by Gasteiger charge is -2.21. The van der Waals surface area contributed by atoms with Gasteiger partial charge in [-0.2, -0.15) is 0 Å². The van der Waals surface area contributed by atoms with Crippen LogP contribution in [0.2, 0.25) is 0 Å². The average molecular weight is 187 g/mol. The average Bonchev–Trinajstić information content (AvgIpc) is 2.36. The summed E-state index contributed by atoms with van der Waals surface area (Å²) in [5.74, 6) is -1.79. The molecule has 2 N–H and O–H groups in total. The number of esters is 1. The summed E-state index contributed by atoms with van der Waals surface area (Å²) in [6.07, 6.45) is -1.38. The van der Waals surface area contributed by atoms with Crippen molar-refractivity contribution >= 4 is 11.8 Å². The molecule has 0 aromatic rings. The molecule has 0 amide bonds. The van der Waals surface area contributed by atoms with Crippen molar-refractivity contribution in [3.63, 3.8) is 0 Å². The minimum atomic E-state index is -1.31. The van der Waals surface area contributed by atoms with Gasteiger partial charge in [-0.05, 0) is 13.5 Å². The molecule has 3 atom stereocenters. The Bertz CT molecular complexity index is 224. The van der Waals surface area contributed by atoms with Gasteiger partial charge in [0.15, 0.2) is 12.2 Å². The van der Waals surface area contributed by atoms with Crippen LogP contribution in [-0.2, 0) is 14.3 Å². The molecule has 1 fully saturated rings. The number of rotatable bonds is 3. The first-order valence-corrected chi connectivity index (χ1v) is 4.22. The van der Waals surface area contributed by atoms with E-state index in [0.29, 0.717) is 6.42 Å². The molecule has 0 aromatic heterocycles. The Labute approximate surface area is 76.1 Å². The number of ether oxygens (including phenoxy) is 1. The van der Waals surface area contributed by atoms with Gasteiger partial charge < -0.3 is 15.2 Å². The Morgan fingerprint density at radius 3 is 2.54 bits per heavy atom. The third-order valence-electron chi connectivity index (χ3n) is 2.23. The Morgan fingerprint density at radius 1 is 1.62 bits per heavy atom. The summed E-state index contributed by atoms with van der Waals surface area (Å²) in [5.41, 5.74) is 0. The highest BCUT2D eigenvalue weighted by Gasteiger charge is 2.45. The lowest BCUT2D eigenvalue weighted by molar-refractivity contribution is -0.149. The van der Waals surface area contributed by atoms with Crippen LogP contribution in [0.3, 0.4) is 0 Å². The molecule has 1 saturated heterocycles. The first-order valence-electron chi connectivity index (χ1n) is 4.22. The highest BCUT2D eigenvalue weighted by Crippen LogP contribution is 2.16. The number of aliphatic hydroxyl groups is 1. The van der Waals surface area contributed by atoms with Gasteiger partial charge in [0.1, 0.15) is 0 Å². The maximum absolute atomic E-state index is 10.9. The van der Waals surface area contributed by atoms with Crippen LogP contribution in [-0.4, -0.2) is 42.2 Å². The van der Waals surface area contributed by atoms with Gasteiger partial charge in [-0.15, -0.1) is 0 Å². The molecule has 3 unspecified atom stereocenters. The summed E-state index contributed by atoms with van der Waals surface area (Å²) < 4.78 is 4.73. The van der Waals surface area contributed by atoms with Crippen molar-refractivity contribution in [3.8, 4) is 0 Å². The third-order valence-corrected chi connectivity index (χ3v) is 2.23. The van der Waals surface area contributed by atoms with Crippen LogP contribution in [0.25, 0.3) is 0 Å². The zero-order valence-electron chi connectivity index (χ0n) is 7.61. The van der Waals surface area contributed by atoms with Crippen molar-refractivity contribution in [1.82, 2.24) is 5.32 Å². The first kappa shape index (κ1) is 10.1. The van der Waals surface area contributed by atoms with E-state index in [9.17, 15) is 14.7 Å². The SMILES string of the molecule is CCC(NC)C1OC(=O)C(=O)C1O. The summed E-state index contributed by atoms with van der Waals surface area (Å²) in [5, 5.41) is 12.2. The molecule has 0 saturated carbocycles. The summed E-state index contributed by atoms with van der Waals surface area (Å²) in [6.45, 7) is 1.88. The molecule has 0 aromatic carbocycles. The number of aliphatic hydroxyl groups excluding tert-OH is 1. The van der Waals surface area contributed by atoms with Gasteiger partial charge in [-0.25, -0.2) is 4.79 Å². The van der Waals surface area contributed by atoms with Crippen molar-refractivity contribution in [2.75, 3.05) is 7.05 Å². The van der Waals surface area contributed by atoms with Crippen LogP contribution in [0.5, 0.6) is 0 Å². The van der Waals surface area contributed by atoms with Gasteiger partial charge in [-0.3, -0.25) is 4.79 Å². The monoisotopic (exact) mass is 187 g/mol. The van der Waals surface area contributed by atoms with E-state index in [0.717, 1.165) is 0 Å². The second kappa shape index (κ2) is 3.85. The number of Topliss-reactive ketones (excluding diaryl/α,β-unsaturated/α-hetero) is 1. The van der Waals surface area contributed by atoms with E-state index in [1.54, 1.807) is 7.05 Å². The molecular weight excluding hydrogens is 174 g/mol. The summed E-state index contributed by atoms with van der Waals surface area (Å²) in [7, 11) is 1.69. The Morgan fingerprint density at radius 2 is 2.23 bits per heavy atom. The molecule has 1 heterocycles. The normalized spacial score (nSPS) is 30.4. The molecule has 74 valence electrons. The fraction of sp³-hybridized carbons (Fsp3) is 0.750. The fourth-order valence-corrected chi connectivity index (χ4v) is 1.42. The van der Waals surface area contributed by atoms with E-state index in [-0.39, 0.29) is 6.04 Å². The molecule has 0 bridgehead atoms. The van der Waals surface area contributed by atoms with Crippen molar-refractivity contribution in [2.24, 2.45) is 0 Å². The number of hydrogen-bond donors (Lipinski definition) is 2. The largest absolute Gasteiger partial charge is 0.452 e. The quantitative estimate of drug-likeness (QED) is 0.430. The van der Waals surface area contributed by atoms with Crippen molar-refractivity contribution in [2.45, 2.75) is 31.6 Å². The van der Waals surface area contributed by atoms with Gasteiger partial charge in [0.25, 0.3) is 5.78 Å². The van der Waals surface area contributed by atoms with Gasteiger partial charge in [0, 0.05) is 6.04 Å². The summed E-state index contributed by atoms with van der Waals surface area (Å²) in [4.78, 5) is 21.7. The number of carbonyl (C=O) groups is 2. The molecule has 13 heavy (non-hydrogen) atoms. The van der Waals surface area contributed by atoms with Gasteiger partial charge >= 0.3 is 5.97 Å². The molecule has 0 radical (unpaired) electrons. The number of hydrogen-bond acceptors (Lipinski definition) is 5. The maximum Gasteiger partial charge on any atom is 0.378 e. The molecule has 1 aliphatic heterocycles. The van der Waals surface area contributed by atoms with Crippen LogP contribution in [0.15, 0.2) is 0 Å². The minimum absolute atomic E-state index is 0.176. The highest BCUT2D eigenvalue weighted by atomic mass is 16.6. The second-order valence-electron chi connectivity index (χ2n) is 2.98. The molecular formula is C8H13NO4. The van der Waals surface area contributed by atoms with Gasteiger partial charge in [0.05, 0.1) is 0 Å². The Hall–Kier alpha value is -0.940. The van der Waals surface area contributed by atoms with Crippen LogP contribution in [0.4, 0.5) is 0 Å². The molecule has 1 rings (SSSR count). The van der Waals surface area contributed by atoms with Gasteiger partial charge in [-0.1, -0.05) is 6.92 Å². The van der Waals surface area contributed by atoms with Crippen LogP contribution in [0, 0.1) is 0 Å². The first-order chi connectivity index (χ1) is 6.11. The Balaban J connectivity index is 2.72. The molecule has 0 aliphatic carbocycles. The zero-order chi connectivity index (χ0) is 10.0. The maximum atomic E-state index is 10.9. The van der Waals surface area contributed by atoms with E-state index in [1.165, 1.54) is 0 Å². The number of cyclic esters (lactones) is 1. The lowest BCUT2D eigenvalue weighted by Crippen LogP contribution is -2.43. The van der Waals surface area contributed by atoms with E-state index >= 15 is 0 Å². The number of ketones is 1. The van der Waals surface area contributed by atoms with E-state index in [2.05, 4.69) is 5.32 Å². The standard InChI is InChI=1S/C8H13NO4/c1-3-4(9-2)7-5(10)6(11)8(12)13-7/h4-5,7,9-10H,3H2,1-2H3. The highest BCUT2D eigenvalue weighted by molar-refractivity contribution is 6.37. The topological polar surface area (TPSA) is 75.6 Å². The summed E-state index contributed by atoms with van der Waals surface area (Å²) >= 11 is 0. The number of carbonyl (C=O) groups excluding carboxylic acids is 2. The number of nitrogens with one attached hydrogen (secondary N) is 1. The predicted molar refractivity (Wildman–Crippen MR) is 44.0 cm³/mol. The van der Waals surface area contributed by atoms with Crippen LogP contribution < -0.4 is 5.32 Å². The summed E-state index contributed by atoms with van der Waals surface area (Å²) in [6, 6.07) is -0.176. The molecule has 0 spiro atoms. The van der Waals surface area contributed by atoms with E-state index < -0.39 is 24.0 Å². The Kier molecular flexibility index (Phi) is 3.00. The predicted octanol–water partition coefficient (Wildman–Crippen LogP) is -1.16. The number of likely N-dealkylation sites (N-methyl/N-ethyl adjacent to an activating group) is 1. The minimum Gasteiger partial charge on any atom is -0.452 e. The van der Waals surface area contributed by atoms with Crippen LogP contribution in [0.1, 0.15) is 13.3 Å². The van der Waals surface area contributed by atoms with E-state index in [1.807, 2.05) is 6.92 Å². The van der Waals surface area contributed by atoms with Crippen molar-refractivity contribution in [3.05, 3.63) is 0 Å². The molecule has 5 nitrogen and oxygen atoms in total. The van der Waals surface area contributed by atoms with Crippen molar-refractivity contribution < 1.29 is 19.4 Å². The fourth-order valence-electron chi connectivity index (χ4n) is 1.42. The third kappa shape index (κ3) is 1.71. The van der Waals surface area contributed by atoms with Gasteiger partial charge in [0.2, 0.25) is 0 Å². The van der Waals surface area contributed by atoms with Crippen molar-refractivity contribution in [1.29, 1.82) is 0 Å².